The van der Waals surface area contributed by atoms with E-state index in [2.05, 4.69) is 15.6 Å². The van der Waals surface area contributed by atoms with E-state index in [4.69, 9.17) is 0 Å². The number of rotatable bonds is 6. The summed E-state index contributed by atoms with van der Waals surface area (Å²) < 4.78 is 11.9. The number of hydrogen-bond acceptors (Lipinski definition) is 3. The number of amides is 1. The Labute approximate surface area is 149 Å². The van der Waals surface area contributed by atoms with E-state index >= 15 is 0 Å². The van der Waals surface area contributed by atoms with Crippen molar-refractivity contribution >= 4 is 22.7 Å². The van der Waals surface area contributed by atoms with Gasteiger partial charge in [0.2, 0.25) is 5.91 Å². The molecule has 0 saturated heterocycles. The van der Waals surface area contributed by atoms with Gasteiger partial charge in [0.05, 0.1) is 5.41 Å². The number of guanidine groups is 1. The first kappa shape index (κ1) is 20.9. The first-order chi connectivity index (χ1) is 11.1. The first-order valence-electron chi connectivity index (χ1n) is 8.67. The van der Waals surface area contributed by atoms with Crippen molar-refractivity contribution in [3.63, 3.8) is 0 Å². The van der Waals surface area contributed by atoms with Gasteiger partial charge >= 0.3 is 0 Å². The van der Waals surface area contributed by atoms with Gasteiger partial charge in [-0.2, -0.15) is 0 Å². The summed E-state index contributed by atoms with van der Waals surface area (Å²) in [6.45, 7) is 7.12. The Balaban J connectivity index is 2.53. The molecule has 6 nitrogen and oxygen atoms in total. The molecule has 1 fully saturated rings. The van der Waals surface area contributed by atoms with Crippen LogP contribution in [0.2, 0.25) is 0 Å². The summed E-state index contributed by atoms with van der Waals surface area (Å²) in [5.74, 6) is 1.43. The number of hydrogen-bond donors (Lipinski definition) is 2. The molecule has 24 heavy (non-hydrogen) atoms. The first-order valence-corrected chi connectivity index (χ1v) is 9.99. The van der Waals surface area contributed by atoms with Crippen LogP contribution in [-0.2, 0) is 15.6 Å². The summed E-state index contributed by atoms with van der Waals surface area (Å²) in [7, 11) is 4.46. The fourth-order valence-electron chi connectivity index (χ4n) is 3.03. The molecule has 0 aliphatic heterocycles. The van der Waals surface area contributed by atoms with Crippen LogP contribution in [0.1, 0.15) is 46.5 Å². The molecule has 1 amide bonds. The molecule has 1 unspecified atom stereocenters. The second-order valence-electron chi connectivity index (χ2n) is 7.70. The Morgan fingerprint density at radius 1 is 1.21 bits per heavy atom. The largest absolute Gasteiger partial charge is 0.355 e. The van der Waals surface area contributed by atoms with Crippen LogP contribution in [0, 0.1) is 5.41 Å². The molecule has 1 saturated carbocycles. The van der Waals surface area contributed by atoms with Crippen LogP contribution in [0.3, 0.4) is 0 Å². The Bertz CT molecular complexity index is 477. The molecule has 140 valence electrons. The molecule has 0 aromatic rings. The molecule has 0 bridgehead atoms. The van der Waals surface area contributed by atoms with Crippen molar-refractivity contribution in [3.8, 4) is 0 Å². The van der Waals surface area contributed by atoms with Crippen molar-refractivity contribution in [3.05, 3.63) is 0 Å². The summed E-state index contributed by atoms with van der Waals surface area (Å²) in [6.07, 6.45) is 4.03. The molecule has 2 N–H and O–H groups in total. The van der Waals surface area contributed by atoms with E-state index in [1.165, 1.54) is 0 Å². The second kappa shape index (κ2) is 8.83. The Hall–Kier alpha value is -1.11. The van der Waals surface area contributed by atoms with E-state index in [9.17, 15) is 9.00 Å². The monoisotopic (exact) mass is 358 g/mol. The standard InChI is InChI=1S/C17H34N4O2S/c1-16(2,3)24(23)12-11-19-15(18-4)20-13-17(9-7-8-10-17)14(22)21(5)6/h7-13H2,1-6H3,(H2,18,19,20). The van der Waals surface area contributed by atoms with Crippen LogP contribution in [0.15, 0.2) is 4.99 Å². The fourth-order valence-corrected chi connectivity index (χ4v) is 3.93. The minimum atomic E-state index is -0.890. The van der Waals surface area contributed by atoms with Crippen LogP contribution < -0.4 is 10.6 Å². The van der Waals surface area contributed by atoms with Gasteiger partial charge in [-0.15, -0.1) is 0 Å². The van der Waals surface area contributed by atoms with Crippen molar-refractivity contribution < 1.29 is 9.00 Å². The molecule has 1 aliphatic carbocycles. The van der Waals surface area contributed by atoms with Crippen LogP contribution in [-0.4, -0.2) is 65.7 Å². The SMILES string of the molecule is CN=C(NCCS(=O)C(C)(C)C)NCC1(C(=O)N(C)C)CCCC1. The molecule has 7 heteroatoms. The molecule has 0 heterocycles. The molecular formula is C17H34N4O2S. The number of nitrogens with one attached hydrogen (secondary N) is 2. The second-order valence-corrected chi connectivity index (χ2v) is 10.0. The average molecular weight is 359 g/mol. The minimum absolute atomic E-state index is 0.191. The van der Waals surface area contributed by atoms with E-state index in [0.717, 1.165) is 25.7 Å². The molecule has 1 atom stereocenters. The molecule has 0 aromatic heterocycles. The van der Waals surface area contributed by atoms with Crippen LogP contribution in [0.4, 0.5) is 0 Å². The van der Waals surface area contributed by atoms with Gasteiger partial charge < -0.3 is 15.5 Å². The third-order valence-corrected chi connectivity index (χ3v) is 6.44. The zero-order valence-electron chi connectivity index (χ0n) is 16.1. The fraction of sp³-hybridized carbons (Fsp3) is 0.882. The third-order valence-electron chi connectivity index (χ3n) is 4.50. The van der Waals surface area contributed by atoms with Gasteiger partial charge in [-0.1, -0.05) is 12.8 Å². The van der Waals surface area contributed by atoms with Crippen molar-refractivity contribution in [2.45, 2.75) is 51.2 Å². The number of aliphatic imine (C=N–C) groups is 1. The van der Waals surface area contributed by atoms with Gasteiger partial charge in [0, 0.05) is 55.5 Å². The van der Waals surface area contributed by atoms with E-state index < -0.39 is 10.8 Å². The molecule has 1 aliphatic rings. The molecular weight excluding hydrogens is 324 g/mol. The lowest BCUT2D eigenvalue weighted by molar-refractivity contribution is -0.138. The molecule has 0 radical (unpaired) electrons. The van der Waals surface area contributed by atoms with Gasteiger partial charge in [0.15, 0.2) is 5.96 Å². The Morgan fingerprint density at radius 2 is 1.79 bits per heavy atom. The summed E-state index contributed by atoms with van der Waals surface area (Å²) in [6, 6.07) is 0. The predicted molar refractivity (Wildman–Crippen MR) is 102 cm³/mol. The molecule has 0 aromatic carbocycles. The lowest BCUT2D eigenvalue weighted by Gasteiger charge is -2.31. The van der Waals surface area contributed by atoms with E-state index in [1.807, 2.05) is 34.9 Å². The van der Waals surface area contributed by atoms with Gasteiger partial charge in [-0.05, 0) is 33.6 Å². The summed E-state index contributed by atoms with van der Waals surface area (Å²) in [5, 5.41) is 6.50. The highest BCUT2D eigenvalue weighted by molar-refractivity contribution is 7.86. The zero-order chi connectivity index (χ0) is 18.4. The highest BCUT2D eigenvalue weighted by Crippen LogP contribution is 2.38. The third kappa shape index (κ3) is 5.76. The van der Waals surface area contributed by atoms with Crippen molar-refractivity contribution in [1.29, 1.82) is 0 Å². The minimum Gasteiger partial charge on any atom is -0.355 e. The maximum absolute atomic E-state index is 12.6. The Kier molecular flexibility index (Phi) is 7.70. The van der Waals surface area contributed by atoms with Crippen molar-refractivity contribution in [2.24, 2.45) is 10.4 Å². The highest BCUT2D eigenvalue weighted by Gasteiger charge is 2.42. The van der Waals surface area contributed by atoms with Crippen molar-refractivity contribution in [1.82, 2.24) is 15.5 Å². The predicted octanol–water partition coefficient (Wildman–Crippen LogP) is 1.35. The maximum Gasteiger partial charge on any atom is 0.230 e. The van der Waals surface area contributed by atoms with Crippen LogP contribution >= 0.6 is 0 Å². The van der Waals surface area contributed by atoms with E-state index in [0.29, 0.717) is 24.8 Å². The Morgan fingerprint density at radius 3 is 2.25 bits per heavy atom. The summed E-state index contributed by atoms with van der Waals surface area (Å²) in [5.41, 5.74) is -0.324. The lowest BCUT2D eigenvalue weighted by Crippen LogP contribution is -2.49. The molecule has 0 spiro atoms. The van der Waals surface area contributed by atoms with E-state index in [1.54, 1.807) is 11.9 Å². The number of nitrogens with zero attached hydrogens (tertiary/aromatic N) is 2. The lowest BCUT2D eigenvalue weighted by atomic mass is 9.84. The van der Waals surface area contributed by atoms with Crippen LogP contribution in [0.25, 0.3) is 0 Å². The summed E-state index contributed by atoms with van der Waals surface area (Å²) in [4.78, 5) is 18.5. The highest BCUT2D eigenvalue weighted by atomic mass is 32.2. The van der Waals surface area contributed by atoms with Gasteiger partial charge in [-0.3, -0.25) is 14.0 Å². The number of carbonyl (C=O) groups is 1. The van der Waals surface area contributed by atoms with E-state index in [-0.39, 0.29) is 16.1 Å². The number of carbonyl (C=O) groups excluding carboxylic acids is 1. The molecule has 1 rings (SSSR count). The quantitative estimate of drug-likeness (QED) is 0.555. The average Bonchev–Trinajstić information content (AvgIpc) is 2.98. The normalized spacial score (nSPS) is 19.0. The van der Waals surface area contributed by atoms with Gasteiger partial charge in [0.25, 0.3) is 0 Å². The summed E-state index contributed by atoms with van der Waals surface area (Å²) >= 11 is 0. The van der Waals surface area contributed by atoms with Gasteiger partial charge in [-0.25, -0.2) is 0 Å². The maximum atomic E-state index is 12.6. The van der Waals surface area contributed by atoms with Crippen LogP contribution in [0.5, 0.6) is 0 Å². The smallest absolute Gasteiger partial charge is 0.230 e. The van der Waals surface area contributed by atoms with Gasteiger partial charge in [0.1, 0.15) is 0 Å². The topological polar surface area (TPSA) is 73.8 Å². The van der Waals surface area contributed by atoms with Crippen molar-refractivity contribution in [2.75, 3.05) is 40.0 Å². The zero-order valence-corrected chi connectivity index (χ0v) is 16.9.